The van der Waals surface area contributed by atoms with Crippen molar-refractivity contribution in [2.45, 2.75) is 44.1 Å². The fourth-order valence-electron chi connectivity index (χ4n) is 4.85. The van der Waals surface area contributed by atoms with Gasteiger partial charge in [-0.15, -0.1) is 0 Å². The highest BCUT2D eigenvalue weighted by atomic mass is 35.5. The first-order chi connectivity index (χ1) is 12.4. The second-order valence-corrected chi connectivity index (χ2v) is 8.14. The monoisotopic (exact) mass is 378 g/mol. The standard InChI is InChI=1S/C17H19ClN4O4/c1-6-2-8(24)9-10(20-6)11-16(21-15(9)18)22(5-19-11)12-7-3-17(7,4-23)14(26)13(12)25/h5-7,12-14,20,23,25-26H,2-4H2,1H3/t6?,7-,12-,13+,14+,17+/m0/s1. The molecule has 2 saturated carbocycles. The lowest BCUT2D eigenvalue weighted by Crippen LogP contribution is -2.35. The Morgan fingerprint density at radius 3 is 2.92 bits per heavy atom. The van der Waals surface area contributed by atoms with Crippen LogP contribution in [0, 0.1) is 11.3 Å². The quantitative estimate of drug-likeness (QED) is 0.569. The van der Waals surface area contributed by atoms with Gasteiger partial charge in [0.05, 0.1) is 36.3 Å². The predicted octanol–water partition coefficient (Wildman–Crippen LogP) is 0.747. The lowest BCUT2D eigenvalue weighted by atomic mass is 9.98. The van der Waals surface area contributed by atoms with Crippen molar-refractivity contribution in [1.82, 2.24) is 14.5 Å². The molecule has 0 aromatic carbocycles. The van der Waals surface area contributed by atoms with Crippen LogP contribution in [-0.4, -0.2) is 60.5 Å². The van der Waals surface area contributed by atoms with Gasteiger partial charge in [0.1, 0.15) is 16.8 Å². The van der Waals surface area contributed by atoms with Gasteiger partial charge in [0, 0.05) is 17.9 Å². The minimum Gasteiger partial charge on any atom is -0.396 e. The van der Waals surface area contributed by atoms with E-state index in [0.29, 0.717) is 35.3 Å². The lowest BCUT2D eigenvalue weighted by molar-refractivity contribution is -0.0300. The predicted molar refractivity (Wildman–Crippen MR) is 93.2 cm³/mol. The number of nitrogens with one attached hydrogen (secondary N) is 1. The third-order valence-electron chi connectivity index (χ3n) is 6.29. The summed E-state index contributed by atoms with van der Waals surface area (Å²) in [5.74, 6) is -0.127. The van der Waals surface area contributed by atoms with Crippen molar-refractivity contribution >= 4 is 34.2 Å². The van der Waals surface area contributed by atoms with Crippen molar-refractivity contribution in [2.75, 3.05) is 11.9 Å². The number of carbonyl (C=O) groups excluding carboxylic acids is 1. The number of anilines is 1. The SMILES string of the molecule is CC1CC(=O)c2c(Cl)nc3c(ncn3[C@@H]3[C@@H](O)[C@@H](O)[C@@]4(CO)C[C@@H]34)c2N1. The largest absolute Gasteiger partial charge is 0.396 e. The summed E-state index contributed by atoms with van der Waals surface area (Å²) in [6.07, 6.45) is 0.524. The van der Waals surface area contributed by atoms with Crippen LogP contribution in [-0.2, 0) is 0 Å². The number of halogens is 1. The molecule has 2 aromatic heterocycles. The van der Waals surface area contributed by atoms with Crippen LogP contribution in [0.1, 0.15) is 36.2 Å². The molecule has 0 saturated heterocycles. The van der Waals surface area contributed by atoms with Gasteiger partial charge >= 0.3 is 0 Å². The van der Waals surface area contributed by atoms with Crippen molar-refractivity contribution in [3.8, 4) is 0 Å². The smallest absolute Gasteiger partial charge is 0.170 e. The maximum atomic E-state index is 12.4. The van der Waals surface area contributed by atoms with Gasteiger partial charge in [-0.25, -0.2) is 9.97 Å². The summed E-state index contributed by atoms with van der Waals surface area (Å²) in [5.41, 5.74) is 1.25. The Morgan fingerprint density at radius 2 is 2.23 bits per heavy atom. The van der Waals surface area contributed by atoms with Crippen LogP contribution >= 0.6 is 11.6 Å². The highest BCUT2D eigenvalue weighted by molar-refractivity contribution is 6.34. The topological polar surface area (TPSA) is 121 Å². The van der Waals surface area contributed by atoms with Gasteiger partial charge in [0.25, 0.3) is 0 Å². The molecule has 5 rings (SSSR count). The number of aliphatic hydroxyl groups is 3. The Kier molecular flexibility index (Phi) is 3.26. The molecule has 2 aliphatic carbocycles. The summed E-state index contributed by atoms with van der Waals surface area (Å²) in [5, 5.41) is 33.9. The molecule has 3 heterocycles. The number of aliphatic hydroxyl groups excluding tert-OH is 3. The van der Waals surface area contributed by atoms with Gasteiger partial charge in [0.2, 0.25) is 0 Å². The Hall–Kier alpha value is -1.74. The van der Waals surface area contributed by atoms with E-state index >= 15 is 0 Å². The molecule has 0 radical (unpaired) electrons. The number of ketones is 1. The van der Waals surface area contributed by atoms with E-state index in [1.807, 2.05) is 6.92 Å². The number of fused-ring (bicyclic) bond motifs is 4. The average molecular weight is 379 g/mol. The molecular formula is C17H19ClN4O4. The third kappa shape index (κ3) is 1.87. The van der Waals surface area contributed by atoms with E-state index in [9.17, 15) is 20.1 Å². The summed E-state index contributed by atoms with van der Waals surface area (Å²) < 4.78 is 1.72. The van der Waals surface area contributed by atoms with Crippen LogP contribution in [0.3, 0.4) is 0 Å². The Morgan fingerprint density at radius 1 is 1.46 bits per heavy atom. The number of pyridine rings is 1. The highest BCUT2D eigenvalue weighted by Crippen LogP contribution is 2.67. The van der Waals surface area contributed by atoms with E-state index in [1.54, 1.807) is 10.9 Å². The van der Waals surface area contributed by atoms with Crippen LogP contribution in [0.25, 0.3) is 11.2 Å². The number of hydrogen-bond donors (Lipinski definition) is 4. The van der Waals surface area contributed by atoms with Gasteiger partial charge in [-0.1, -0.05) is 11.6 Å². The number of hydrogen-bond acceptors (Lipinski definition) is 7. The first kappa shape index (κ1) is 16.4. The highest BCUT2D eigenvalue weighted by Gasteiger charge is 2.71. The fraction of sp³-hybridized carbons (Fsp3) is 0.588. The van der Waals surface area contributed by atoms with Crippen molar-refractivity contribution in [3.63, 3.8) is 0 Å². The van der Waals surface area contributed by atoms with Gasteiger partial charge < -0.3 is 25.2 Å². The molecule has 3 aliphatic rings. The zero-order chi connectivity index (χ0) is 18.4. The number of carbonyl (C=O) groups is 1. The molecule has 138 valence electrons. The minimum atomic E-state index is -1.02. The average Bonchev–Trinajstić information content (AvgIpc) is 3.11. The normalized spacial score (nSPS) is 38.2. The molecule has 4 N–H and O–H groups in total. The Labute approximate surface area is 153 Å². The van der Waals surface area contributed by atoms with Crippen molar-refractivity contribution in [1.29, 1.82) is 0 Å². The van der Waals surface area contributed by atoms with Crippen molar-refractivity contribution in [3.05, 3.63) is 17.0 Å². The molecule has 2 fully saturated rings. The zero-order valence-electron chi connectivity index (χ0n) is 14.1. The molecule has 1 aliphatic heterocycles. The molecule has 6 atom stereocenters. The Bertz CT molecular complexity index is 946. The third-order valence-corrected chi connectivity index (χ3v) is 6.57. The van der Waals surface area contributed by atoms with Gasteiger partial charge in [-0.3, -0.25) is 4.79 Å². The van der Waals surface area contributed by atoms with Gasteiger partial charge in [0.15, 0.2) is 11.4 Å². The molecule has 0 spiro atoms. The summed E-state index contributed by atoms with van der Waals surface area (Å²) in [4.78, 5) is 21.2. The Balaban J connectivity index is 1.67. The number of Topliss-reactive ketones (excluding diaryl/α,β-unsaturated/α-hetero) is 1. The van der Waals surface area contributed by atoms with E-state index in [2.05, 4.69) is 15.3 Å². The first-order valence-electron chi connectivity index (χ1n) is 8.72. The van der Waals surface area contributed by atoms with Crippen LogP contribution in [0.2, 0.25) is 5.15 Å². The van der Waals surface area contributed by atoms with E-state index in [4.69, 9.17) is 11.6 Å². The number of rotatable bonds is 2. The molecule has 2 aromatic rings. The van der Waals surface area contributed by atoms with Crippen LogP contribution < -0.4 is 5.32 Å². The summed E-state index contributed by atoms with van der Waals surface area (Å²) in [6.45, 7) is 1.74. The van der Waals surface area contributed by atoms with E-state index < -0.39 is 23.7 Å². The molecule has 8 nitrogen and oxygen atoms in total. The summed E-state index contributed by atoms with van der Waals surface area (Å²) in [7, 11) is 0. The maximum absolute atomic E-state index is 12.4. The number of aromatic nitrogens is 3. The second-order valence-electron chi connectivity index (χ2n) is 7.78. The van der Waals surface area contributed by atoms with Crippen LogP contribution in [0.5, 0.6) is 0 Å². The molecule has 9 heteroatoms. The number of nitrogens with zero attached hydrogens (tertiary/aromatic N) is 3. The van der Waals surface area contributed by atoms with Gasteiger partial charge in [-0.05, 0) is 19.3 Å². The molecule has 0 bridgehead atoms. The van der Waals surface area contributed by atoms with Crippen LogP contribution in [0.4, 0.5) is 5.69 Å². The van der Waals surface area contributed by atoms with Crippen LogP contribution in [0.15, 0.2) is 6.33 Å². The second kappa shape index (κ2) is 5.16. The zero-order valence-corrected chi connectivity index (χ0v) is 14.8. The van der Waals surface area contributed by atoms with E-state index in [0.717, 1.165) is 0 Å². The maximum Gasteiger partial charge on any atom is 0.170 e. The molecule has 26 heavy (non-hydrogen) atoms. The minimum absolute atomic E-state index is 0.0359. The number of imidazole rings is 1. The van der Waals surface area contributed by atoms with E-state index in [-0.39, 0.29) is 29.5 Å². The molecule has 1 unspecified atom stereocenters. The summed E-state index contributed by atoms with van der Waals surface area (Å²) in [6, 6.07) is -0.480. The molecule has 0 amide bonds. The summed E-state index contributed by atoms with van der Waals surface area (Å²) >= 11 is 6.30. The van der Waals surface area contributed by atoms with Crippen molar-refractivity contribution < 1.29 is 20.1 Å². The fourth-order valence-corrected chi connectivity index (χ4v) is 5.13. The molecular weight excluding hydrogens is 360 g/mol. The first-order valence-corrected chi connectivity index (χ1v) is 9.09. The van der Waals surface area contributed by atoms with Crippen molar-refractivity contribution in [2.24, 2.45) is 11.3 Å². The lowest BCUT2D eigenvalue weighted by Gasteiger charge is -2.25. The van der Waals surface area contributed by atoms with E-state index in [1.165, 1.54) is 0 Å². The van der Waals surface area contributed by atoms with Gasteiger partial charge in [-0.2, -0.15) is 0 Å².